The minimum atomic E-state index is -0.198. The quantitative estimate of drug-likeness (QED) is 0.827. The summed E-state index contributed by atoms with van der Waals surface area (Å²) in [4.78, 5) is 0. The maximum Gasteiger partial charge on any atom is 0.129 e. The van der Waals surface area contributed by atoms with Crippen molar-refractivity contribution in [2.45, 2.75) is 45.6 Å². The second-order valence-electron chi connectivity index (χ2n) is 6.43. The van der Waals surface area contributed by atoms with E-state index < -0.39 is 0 Å². The maximum absolute atomic E-state index is 14.1. The van der Waals surface area contributed by atoms with Crippen LogP contribution in [-0.4, -0.2) is 7.05 Å². The van der Waals surface area contributed by atoms with Gasteiger partial charge in [-0.25, -0.2) is 4.39 Å². The monoisotopic (exact) mass is 283 g/mol. The SMILES string of the molecule is CNC(c1ccc(Cl)cc1F)C1CCC(C)(C)CC1. The molecule has 1 fully saturated rings. The number of hydrogen-bond donors (Lipinski definition) is 1. The highest BCUT2D eigenvalue weighted by Crippen LogP contribution is 2.43. The topological polar surface area (TPSA) is 12.0 Å². The zero-order valence-electron chi connectivity index (χ0n) is 12.0. The summed E-state index contributed by atoms with van der Waals surface area (Å²) in [5.41, 5.74) is 1.18. The molecule has 2 rings (SSSR count). The van der Waals surface area contributed by atoms with Gasteiger partial charge in [0, 0.05) is 16.6 Å². The lowest BCUT2D eigenvalue weighted by Crippen LogP contribution is -2.31. The van der Waals surface area contributed by atoms with E-state index in [-0.39, 0.29) is 11.9 Å². The van der Waals surface area contributed by atoms with Gasteiger partial charge in [0.05, 0.1) is 0 Å². The van der Waals surface area contributed by atoms with Crippen molar-refractivity contribution in [1.29, 1.82) is 0 Å². The predicted molar refractivity (Wildman–Crippen MR) is 78.9 cm³/mol. The molecule has 106 valence electrons. The van der Waals surface area contributed by atoms with Gasteiger partial charge < -0.3 is 5.32 Å². The molecular weight excluding hydrogens is 261 g/mol. The molecule has 1 aliphatic carbocycles. The summed E-state index contributed by atoms with van der Waals surface area (Å²) in [6.45, 7) is 4.64. The highest BCUT2D eigenvalue weighted by atomic mass is 35.5. The van der Waals surface area contributed by atoms with Gasteiger partial charge in [0.1, 0.15) is 5.82 Å². The van der Waals surface area contributed by atoms with Crippen LogP contribution >= 0.6 is 11.6 Å². The molecular formula is C16H23ClFN. The van der Waals surface area contributed by atoms with Gasteiger partial charge in [0.2, 0.25) is 0 Å². The van der Waals surface area contributed by atoms with Gasteiger partial charge >= 0.3 is 0 Å². The van der Waals surface area contributed by atoms with Crippen LogP contribution in [0.5, 0.6) is 0 Å². The van der Waals surface area contributed by atoms with Crippen LogP contribution in [0.15, 0.2) is 18.2 Å². The standard InChI is InChI=1S/C16H23ClFN/c1-16(2)8-6-11(7-9-16)15(19-3)13-5-4-12(17)10-14(13)18/h4-5,10-11,15,19H,6-9H2,1-3H3. The molecule has 0 amide bonds. The second kappa shape index (κ2) is 5.80. The van der Waals surface area contributed by atoms with Gasteiger partial charge in [0.25, 0.3) is 0 Å². The fourth-order valence-electron chi connectivity index (χ4n) is 3.15. The van der Waals surface area contributed by atoms with Crippen LogP contribution in [0.3, 0.4) is 0 Å². The van der Waals surface area contributed by atoms with E-state index in [2.05, 4.69) is 19.2 Å². The van der Waals surface area contributed by atoms with Crippen molar-refractivity contribution in [2.75, 3.05) is 7.05 Å². The molecule has 1 aromatic carbocycles. The molecule has 0 radical (unpaired) electrons. The molecule has 0 bridgehead atoms. The van der Waals surface area contributed by atoms with Gasteiger partial charge in [-0.15, -0.1) is 0 Å². The molecule has 0 spiro atoms. The van der Waals surface area contributed by atoms with Gasteiger partial charge in [-0.3, -0.25) is 0 Å². The van der Waals surface area contributed by atoms with Gasteiger partial charge in [-0.1, -0.05) is 31.5 Å². The highest BCUT2D eigenvalue weighted by molar-refractivity contribution is 6.30. The Morgan fingerprint density at radius 1 is 1.32 bits per heavy atom. The Labute approximate surface area is 120 Å². The molecule has 1 aromatic rings. The molecule has 0 heterocycles. The van der Waals surface area contributed by atoms with Crippen LogP contribution in [0.2, 0.25) is 5.02 Å². The van der Waals surface area contributed by atoms with Crippen LogP contribution in [0.4, 0.5) is 4.39 Å². The average Bonchev–Trinajstić information content (AvgIpc) is 2.34. The maximum atomic E-state index is 14.1. The summed E-state index contributed by atoms with van der Waals surface area (Å²) in [6.07, 6.45) is 4.73. The first-order chi connectivity index (χ1) is 8.93. The molecule has 1 saturated carbocycles. The van der Waals surface area contributed by atoms with Crippen LogP contribution in [-0.2, 0) is 0 Å². The van der Waals surface area contributed by atoms with Crippen molar-refractivity contribution in [3.05, 3.63) is 34.6 Å². The third kappa shape index (κ3) is 3.49. The van der Waals surface area contributed by atoms with Crippen molar-refractivity contribution in [1.82, 2.24) is 5.32 Å². The number of hydrogen-bond acceptors (Lipinski definition) is 1. The summed E-state index contributed by atoms with van der Waals surface area (Å²) in [5, 5.41) is 3.75. The lowest BCUT2D eigenvalue weighted by molar-refractivity contribution is 0.163. The van der Waals surface area contributed by atoms with E-state index in [1.165, 1.54) is 18.9 Å². The molecule has 1 aliphatic rings. The van der Waals surface area contributed by atoms with E-state index in [0.29, 0.717) is 16.4 Å². The Bertz CT molecular complexity index is 434. The lowest BCUT2D eigenvalue weighted by Gasteiger charge is -2.38. The van der Waals surface area contributed by atoms with Crippen LogP contribution in [0.1, 0.15) is 51.1 Å². The Hall–Kier alpha value is -0.600. The van der Waals surface area contributed by atoms with E-state index in [9.17, 15) is 4.39 Å². The van der Waals surface area contributed by atoms with Crippen molar-refractivity contribution in [2.24, 2.45) is 11.3 Å². The van der Waals surface area contributed by atoms with E-state index in [1.54, 1.807) is 6.07 Å². The molecule has 19 heavy (non-hydrogen) atoms. The summed E-state index contributed by atoms with van der Waals surface area (Å²) in [6, 6.07) is 5.09. The first-order valence-electron chi connectivity index (χ1n) is 7.05. The van der Waals surface area contributed by atoms with Gasteiger partial charge in [0.15, 0.2) is 0 Å². The molecule has 1 unspecified atom stereocenters. The van der Waals surface area contributed by atoms with Crippen molar-refractivity contribution < 1.29 is 4.39 Å². The molecule has 0 aliphatic heterocycles. The first kappa shape index (κ1) is 14.8. The van der Waals surface area contributed by atoms with Gasteiger partial charge in [-0.2, -0.15) is 0 Å². The Kier molecular flexibility index (Phi) is 4.52. The highest BCUT2D eigenvalue weighted by Gasteiger charge is 2.32. The molecule has 1 atom stereocenters. The van der Waals surface area contributed by atoms with Crippen LogP contribution in [0.25, 0.3) is 0 Å². The van der Waals surface area contributed by atoms with E-state index >= 15 is 0 Å². The fourth-order valence-corrected chi connectivity index (χ4v) is 3.31. The van der Waals surface area contributed by atoms with E-state index in [1.807, 2.05) is 13.1 Å². The van der Waals surface area contributed by atoms with Crippen molar-refractivity contribution >= 4 is 11.6 Å². The van der Waals surface area contributed by atoms with Gasteiger partial charge in [-0.05, 0) is 56.2 Å². The van der Waals surface area contributed by atoms with E-state index in [4.69, 9.17) is 11.6 Å². The second-order valence-corrected chi connectivity index (χ2v) is 6.87. The Morgan fingerprint density at radius 3 is 2.47 bits per heavy atom. The molecule has 0 saturated heterocycles. The van der Waals surface area contributed by atoms with Crippen molar-refractivity contribution in [3.8, 4) is 0 Å². The number of benzene rings is 1. The summed E-state index contributed by atoms with van der Waals surface area (Å²) in [7, 11) is 1.92. The largest absolute Gasteiger partial charge is 0.313 e. The summed E-state index contributed by atoms with van der Waals surface area (Å²) >= 11 is 5.83. The minimum absolute atomic E-state index is 0.0911. The number of rotatable bonds is 3. The van der Waals surface area contributed by atoms with Crippen LogP contribution < -0.4 is 5.32 Å². The molecule has 3 heteroatoms. The Balaban J connectivity index is 2.16. The zero-order chi connectivity index (χ0) is 14.0. The summed E-state index contributed by atoms with van der Waals surface area (Å²) < 4.78 is 14.1. The van der Waals surface area contributed by atoms with Crippen molar-refractivity contribution in [3.63, 3.8) is 0 Å². The number of nitrogens with one attached hydrogen (secondary N) is 1. The molecule has 0 aromatic heterocycles. The molecule has 1 nitrogen and oxygen atoms in total. The average molecular weight is 284 g/mol. The van der Waals surface area contributed by atoms with Crippen LogP contribution in [0, 0.1) is 17.2 Å². The smallest absolute Gasteiger partial charge is 0.129 e. The third-order valence-corrected chi connectivity index (χ3v) is 4.70. The zero-order valence-corrected chi connectivity index (χ0v) is 12.7. The first-order valence-corrected chi connectivity index (χ1v) is 7.43. The van der Waals surface area contributed by atoms with E-state index in [0.717, 1.165) is 18.4 Å². The predicted octanol–water partition coefficient (Wildman–Crippen LogP) is 4.96. The fraction of sp³-hybridized carbons (Fsp3) is 0.625. The third-order valence-electron chi connectivity index (χ3n) is 4.46. The molecule has 1 N–H and O–H groups in total. The normalized spacial score (nSPS) is 21.3. The Morgan fingerprint density at radius 2 is 1.95 bits per heavy atom. The minimum Gasteiger partial charge on any atom is -0.313 e. The number of halogens is 2. The summed E-state index contributed by atoms with van der Waals surface area (Å²) in [5.74, 6) is 0.311. The lowest BCUT2D eigenvalue weighted by atomic mass is 9.70.